The number of benzene rings is 1. The van der Waals surface area contributed by atoms with E-state index in [-0.39, 0.29) is 6.61 Å². The Balaban J connectivity index is 1.94. The Morgan fingerprint density at radius 1 is 1.32 bits per heavy atom. The van der Waals surface area contributed by atoms with E-state index in [1.165, 1.54) is 0 Å². The van der Waals surface area contributed by atoms with E-state index in [9.17, 15) is 0 Å². The van der Waals surface area contributed by atoms with Crippen LogP contribution in [0.4, 0.5) is 11.4 Å². The Labute approximate surface area is 115 Å². The average molecular weight is 263 g/mol. The monoisotopic (exact) mass is 263 g/mol. The van der Waals surface area contributed by atoms with Crippen molar-refractivity contribution in [3.05, 3.63) is 24.3 Å². The molecule has 19 heavy (non-hydrogen) atoms. The predicted molar refractivity (Wildman–Crippen MR) is 80.7 cm³/mol. The van der Waals surface area contributed by atoms with Crippen LogP contribution in [0.5, 0.6) is 0 Å². The van der Waals surface area contributed by atoms with Gasteiger partial charge < -0.3 is 21.1 Å². The van der Waals surface area contributed by atoms with Crippen LogP contribution >= 0.6 is 0 Å². The SMILES string of the molecule is CCN(CCO)c1ccc(NC2CCC(N)C2)cc1. The van der Waals surface area contributed by atoms with E-state index in [0.717, 1.165) is 37.2 Å². The number of nitrogens with two attached hydrogens (primary N) is 1. The zero-order chi connectivity index (χ0) is 13.7. The molecule has 1 aliphatic rings. The van der Waals surface area contributed by atoms with Crippen molar-refractivity contribution in [3.63, 3.8) is 0 Å². The van der Waals surface area contributed by atoms with Crippen LogP contribution < -0.4 is 16.0 Å². The summed E-state index contributed by atoms with van der Waals surface area (Å²) in [6, 6.07) is 9.31. The van der Waals surface area contributed by atoms with Gasteiger partial charge in [0.15, 0.2) is 0 Å². The summed E-state index contributed by atoms with van der Waals surface area (Å²) >= 11 is 0. The van der Waals surface area contributed by atoms with Crippen molar-refractivity contribution in [2.45, 2.75) is 38.3 Å². The number of nitrogens with one attached hydrogen (secondary N) is 1. The number of aliphatic hydroxyl groups excluding tert-OH is 1. The van der Waals surface area contributed by atoms with Gasteiger partial charge in [0.05, 0.1) is 6.61 Å². The lowest BCUT2D eigenvalue weighted by atomic mass is 10.2. The topological polar surface area (TPSA) is 61.5 Å². The summed E-state index contributed by atoms with van der Waals surface area (Å²) < 4.78 is 0. The molecular formula is C15H25N3O. The van der Waals surface area contributed by atoms with Crippen LogP contribution in [0.15, 0.2) is 24.3 Å². The second-order valence-electron chi connectivity index (χ2n) is 5.26. The minimum absolute atomic E-state index is 0.188. The Hall–Kier alpha value is -1.26. The van der Waals surface area contributed by atoms with E-state index in [4.69, 9.17) is 10.8 Å². The number of nitrogens with zero attached hydrogens (tertiary/aromatic N) is 1. The van der Waals surface area contributed by atoms with Crippen LogP contribution in [0.2, 0.25) is 0 Å². The number of anilines is 2. The van der Waals surface area contributed by atoms with Gasteiger partial charge in [-0.25, -0.2) is 0 Å². The van der Waals surface area contributed by atoms with Gasteiger partial charge in [-0.15, -0.1) is 0 Å². The molecule has 1 aromatic carbocycles. The molecule has 2 rings (SSSR count). The highest BCUT2D eigenvalue weighted by Gasteiger charge is 2.21. The van der Waals surface area contributed by atoms with Gasteiger partial charge in [0.1, 0.15) is 0 Å². The molecule has 1 aromatic rings. The summed E-state index contributed by atoms with van der Waals surface area (Å²) in [4.78, 5) is 2.16. The average Bonchev–Trinajstić information content (AvgIpc) is 2.82. The van der Waals surface area contributed by atoms with E-state index in [1.54, 1.807) is 0 Å². The van der Waals surface area contributed by atoms with E-state index < -0.39 is 0 Å². The van der Waals surface area contributed by atoms with Crippen molar-refractivity contribution < 1.29 is 5.11 Å². The maximum absolute atomic E-state index is 9.03. The van der Waals surface area contributed by atoms with E-state index in [0.29, 0.717) is 18.6 Å². The molecular weight excluding hydrogens is 238 g/mol. The summed E-state index contributed by atoms with van der Waals surface area (Å²) in [6.07, 6.45) is 3.34. The van der Waals surface area contributed by atoms with Gasteiger partial charge in [-0.3, -0.25) is 0 Å². The van der Waals surface area contributed by atoms with Gasteiger partial charge in [-0.05, 0) is 50.5 Å². The molecule has 0 spiro atoms. The van der Waals surface area contributed by atoms with E-state index in [2.05, 4.69) is 41.4 Å². The quantitative estimate of drug-likeness (QED) is 0.732. The second-order valence-corrected chi connectivity index (χ2v) is 5.26. The summed E-state index contributed by atoms with van der Waals surface area (Å²) in [5, 5.41) is 12.6. The fraction of sp³-hybridized carbons (Fsp3) is 0.600. The molecule has 2 unspecified atom stereocenters. The Morgan fingerprint density at radius 3 is 2.58 bits per heavy atom. The molecule has 2 atom stereocenters. The zero-order valence-electron chi connectivity index (χ0n) is 11.7. The van der Waals surface area contributed by atoms with Gasteiger partial charge in [0, 0.05) is 36.5 Å². The highest BCUT2D eigenvalue weighted by molar-refractivity contribution is 5.55. The van der Waals surface area contributed by atoms with Crippen LogP contribution in [0, 0.1) is 0 Å². The summed E-state index contributed by atoms with van der Waals surface area (Å²) in [6.45, 7) is 3.88. The lowest BCUT2D eigenvalue weighted by Gasteiger charge is -2.22. The summed E-state index contributed by atoms with van der Waals surface area (Å²) in [5.41, 5.74) is 8.24. The number of hydrogen-bond acceptors (Lipinski definition) is 4. The van der Waals surface area contributed by atoms with Crippen LogP contribution in [0.3, 0.4) is 0 Å². The maximum Gasteiger partial charge on any atom is 0.0606 e. The van der Waals surface area contributed by atoms with Gasteiger partial charge in [-0.1, -0.05) is 0 Å². The van der Waals surface area contributed by atoms with Crippen LogP contribution in [0.1, 0.15) is 26.2 Å². The van der Waals surface area contributed by atoms with Gasteiger partial charge in [-0.2, -0.15) is 0 Å². The third-order valence-corrected chi connectivity index (χ3v) is 3.83. The third-order valence-electron chi connectivity index (χ3n) is 3.83. The maximum atomic E-state index is 9.03. The first-order valence-electron chi connectivity index (χ1n) is 7.21. The fourth-order valence-electron chi connectivity index (χ4n) is 2.74. The Kier molecular flexibility index (Phi) is 5.05. The Morgan fingerprint density at radius 2 is 2.05 bits per heavy atom. The molecule has 4 N–H and O–H groups in total. The van der Waals surface area contributed by atoms with Crippen molar-refractivity contribution >= 4 is 11.4 Å². The second kappa shape index (κ2) is 6.78. The highest BCUT2D eigenvalue weighted by Crippen LogP contribution is 2.23. The molecule has 4 nitrogen and oxygen atoms in total. The van der Waals surface area contributed by atoms with Crippen LogP contribution in [-0.2, 0) is 0 Å². The number of hydrogen-bond donors (Lipinski definition) is 3. The lowest BCUT2D eigenvalue weighted by molar-refractivity contribution is 0.302. The molecule has 0 amide bonds. The van der Waals surface area contributed by atoms with E-state index in [1.807, 2.05) is 0 Å². The fourth-order valence-corrected chi connectivity index (χ4v) is 2.74. The molecule has 4 heteroatoms. The molecule has 1 aliphatic carbocycles. The first-order valence-corrected chi connectivity index (χ1v) is 7.21. The summed E-state index contributed by atoms with van der Waals surface area (Å²) in [7, 11) is 0. The zero-order valence-corrected chi connectivity index (χ0v) is 11.7. The largest absolute Gasteiger partial charge is 0.395 e. The molecule has 0 saturated heterocycles. The van der Waals surface area contributed by atoms with Gasteiger partial charge >= 0.3 is 0 Å². The smallest absolute Gasteiger partial charge is 0.0606 e. The standard InChI is InChI=1S/C15H25N3O/c1-2-18(9-10-19)15-7-5-13(6-8-15)17-14-4-3-12(16)11-14/h5-8,12,14,17,19H,2-4,9-11,16H2,1H3. The third kappa shape index (κ3) is 3.85. The minimum Gasteiger partial charge on any atom is -0.395 e. The molecule has 1 saturated carbocycles. The van der Waals surface area contributed by atoms with Crippen molar-refractivity contribution in [3.8, 4) is 0 Å². The molecule has 0 heterocycles. The molecule has 0 aromatic heterocycles. The molecule has 106 valence electrons. The molecule has 0 aliphatic heterocycles. The predicted octanol–water partition coefficient (Wildman–Crippen LogP) is 1.80. The normalized spacial score (nSPS) is 22.5. The molecule has 1 fully saturated rings. The van der Waals surface area contributed by atoms with E-state index >= 15 is 0 Å². The van der Waals surface area contributed by atoms with Crippen molar-refractivity contribution in [1.29, 1.82) is 0 Å². The first-order chi connectivity index (χ1) is 9.22. The van der Waals surface area contributed by atoms with Gasteiger partial charge in [0.25, 0.3) is 0 Å². The number of rotatable bonds is 6. The number of aliphatic hydroxyl groups is 1. The molecule has 0 radical (unpaired) electrons. The van der Waals surface area contributed by atoms with Crippen LogP contribution in [-0.4, -0.2) is 36.9 Å². The van der Waals surface area contributed by atoms with Gasteiger partial charge in [0.2, 0.25) is 0 Å². The summed E-state index contributed by atoms with van der Waals surface area (Å²) in [5.74, 6) is 0. The van der Waals surface area contributed by atoms with Crippen LogP contribution in [0.25, 0.3) is 0 Å². The molecule has 0 bridgehead atoms. The lowest BCUT2D eigenvalue weighted by Crippen LogP contribution is -2.26. The highest BCUT2D eigenvalue weighted by atomic mass is 16.3. The van der Waals surface area contributed by atoms with Crippen molar-refractivity contribution in [1.82, 2.24) is 0 Å². The number of likely N-dealkylation sites (N-methyl/N-ethyl adjacent to an activating group) is 1. The minimum atomic E-state index is 0.188. The Bertz CT molecular complexity index is 379. The van der Waals surface area contributed by atoms with Crippen molar-refractivity contribution in [2.24, 2.45) is 5.73 Å². The first kappa shape index (κ1) is 14.2. The van der Waals surface area contributed by atoms with Crippen molar-refractivity contribution in [2.75, 3.05) is 29.9 Å².